The van der Waals surface area contributed by atoms with Gasteiger partial charge in [-0.1, -0.05) is 48.5 Å². The molecule has 0 saturated heterocycles. The fraction of sp³-hybridized carbons (Fsp3) is 0.350. The molecule has 2 aromatic rings. The van der Waals surface area contributed by atoms with Crippen molar-refractivity contribution in [3.05, 3.63) is 65.7 Å². The number of ether oxygens (including phenoxy) is 1. The molecule has 0 bridgehead atoms. The van der Waals surface area contributed by atoms with Crippen LogP contribution in [0, 0.1) is 0 Å². The Labute approximate surface area is 142 Å². The van der Waals surface area contributed by atoms with Crippen LogP contribution >= 0.6 is 0 Å². The van der Waals surface area contributed by atoms with Crippen molar-refractivity contribution in [2.45, 2.75) is 31.3 Å². The average molecular weight is 325 g/mol. The quantitative estimate of drug-likeness (QED) is 0.858. The third-order valence-electron chi connectivity index (χ3n) is 4.36. The number of aliphatic hydroxyl groups is 1. The fourth-order valence-electron chi connectivity index (χ4n) is 3.11. The Morgan fingerprint density at radius 2 is 1.92 bits per heavy atom. The van der Waals surface area contributed by atoms with Gasteiger partial charge in [0, 0.05) is 19.4 Å². The van der Waals surface area contributed by atoms with E-state index in [1.54, 1.807) is 0 Å². The summed E-state index contributed by atoms with van der Waals surface area (Å²) in [6.07, 6.45) is 1.25. The van der Waals surface area contributed by atoms with E-state index in [4.69, 9.17) is 4.74 Å². The lowest BCUT2D eigenvalue weighted by atomic mass is 9.90. The summed E-state index contributed by atoms with van der Waals surface area (Å²) in [4.78, 5) is 12.2. The highest BCUT2D eigenvalue weighted by molar-refractivity contribution is 5.77. The SMILES string of the molecule is O=C(C[C@@H]1CCOc2ccccc21)NC[C@H](O)Cc1ccccc1. The maximum Gasteiger partial charge on any atom is 0.220 e. The monoisotopic (exact) mass is 325 g/mol. The number of benzene rings is 2. The molecule has 4 nitrogen and oxygen atoms in total. The summed E-state index contributed by atoms with van der Waals surface area (Å²) in [6.45, 7) is 0.921. The maximum atomic E-state index is 12.2. The minimum atomic E-state index is -0.571. The third-order valence-corrected chi connectivity index (χ3v) is 4.36. The predicted octanol–water partition coefficient (Wildman–Crippen LogP) is 2.66. The number of hydrogen-bond acceptors (Lipinski definition) is 3. The second-order valence-electron chi connectivity index (χ2n) is 6.22. The van der Waals surface area contributed by atoms with Gasteiger partial charge in [0.1, 0.15) is 5.75 Å². The zero-order valence-corrected chi connectivity index (χ0v) is 13.7. The standard InChI is InChI=1S/C20H23NO3/c22-17(12-15-6-2-1-3-7-15)14-21-20(23)13-16-10-11-24-19-9-5-4-8-18(16)19/h1-9,16-17,22H,10-14H2,(H,21,23)/t16-,17+/m0/s1. The first-order valence-electron chi connectivity index (χ1n) is 8.43. The summed E-state index contributed by atoms with van der Waals surface area (Å²) >= 11 is 0. The number of amides is 1. The van der Waals surface area contributed by atoms with E-state index < -0.39 is 6.10 Å². The van der Waals surface area contributed by atoms with Crippen molar-refractivity contribution in [1.82, 2.24) is 5.32 Å². The average Bonchev–Trinajstić information content (AvgIpc) is 2.61. The molecule has 3 rings (SSSR count). The van der Waals surface area contributed by atoms with Crippen LogP contribution in [-0.4, -0.2) is 30.3 Å². The number of rotatable bonds is 6. The van der Waals surface area contributed by atoms with Crippen molar-refractivity contribution in [3.8, 4) is 5.75 Å². The first-order chi connectivity index (χ1) is 11.7. The van der Waals surface area contributed by atoms with Gasteiger partial charge in [0.05, 0.1) is 12.7 Å². The van der Waals surface area contributed by atoms with Gasteiger partial charge < -0.3 is 15.2 Å². The van der Waals surface area contributed by atoms with Gasteiger partial charge in [-0.25, -0.2) is 0 Å². The molecule has 2 atom stereocenters. The van der Waals surface area contributed by atoms with Crippen molar-refractivity contribution in [2.24, 2.45) is 0 Å². The van der Waals surface area contributed by atoms with Crippen LogP contribution in [0.1, 0.15) is 29.9 Å². The second-order valence-corrected chi connectivity index (χ2v) is 6.22. The molecule has 0 radical (unpaired) electrons. The van der Waals surface area contributed by atoms with Crippen molar-refractivity contribution in [2.75, 3.05) is 13.2 Å². The molecule has 2 aromatic carbocycles. The van der Waals surface area contributed by atoms with E-state index in [9.17, 15) is 9.90 Å². The van der Waals surface area contributed by atoms with Crippen LogP contribution in [0.5, 0.6) is 5.75 Å². The molecule has 0 aromatic heterocycles. The molecule has 126 valence electrons. The molecule has 2 N–H and O–H groups in total. The molecule has 4 heteroatoms. The molecule has 0 spiro atoms. The Balaban J connectivity index is 1.48. The lowest BCUT2D eigenvalue weighted by Gasteiger charge is -2.25. The molecular formula is C20H23NO3. The number of carbonyl (C=O) groups excluding carboxylic acids is 1. The van der Waals surface area contributed by atoms with Crippen molar-refractivity contribution in [1.29, 1.82) is 0 Å². The Hall–Kier alpha value is -2.33. The molecule has 0 aliphatic carbocycles. The van der Waals surface area contributed by atoms with Crippen LogP contribution in [-0.2, 0) is 11.2 Å². The molecule has 24 heavy (non-hydrogen) atoms. The van der Waals surface area contributed by atoms with Gasteiger partial charge in [0.2, 0.25) is 5.91 Å². The van der Waals surface area contributed by atoms with Crippen molar-refractivity contribution >= 4 is 5.91 Å². The Kier molecular flexibility index (Phi) is 5.49. The molecule has 1 amide bonds. The summed E-state index contributed by atoms with van der Waals surface area (Å²) in [5, 5.41) is 12.9. The number of nitrogens with one attached hydrogen (secondary N) is 1. The van der Waals surface area contributed by atoms with Gasteiger partial charge >= 0.3 is 0 Å². The van der Waals surface area contributed by atoms with E-state index in [1.807, 2.05) is 54.6 Å². The van der Waals surface area contributed by atoms with E-state index in [-0.39, 0.29) is 18.4 Å². The predicted molar refractivity (Wildman–Crippen MR) is 93.1 cm³/mol. The topological polar surface area (TPSA) is 58.6 Å². The van der Waals surface area contributed by atoms with Gasteiger partial charge in [-0.05, 0) is 29.5 Å². The molecule has 0 saturated carbocycles. The number of aliphatic hydroxyl groups excluding tert-OH is 1. The number of fused-ring (bicyclic) bond motifs is 1. The maximum absolute atomic E-state index is 12.2. The second kappa shape index (κ2) is 7.97. The lowest BCUT2D eigenvalue weighted by Crippen LogP contribution is -2.34. The van der Waals surface area contributed by atoms with E-state index in [0.29, 0.717) is 19.4 Å². The minimum Gasteiger partial charge on any atom is -0.493 e. The van der Waals surface area contributed by atoms with Gasteiger partial charge in [0.15, 0.2) is 0 Å². The molecular weight excluding hydrogens is 302 g/mol. The summed E-state index contributed by atoms with van der Waals surface area (Å²) in [5.41, 5.74) is 2.17. The van der Waals surface area contributed by atoms with Crippen molar-refractivity contribution < 1.29 is 14.6 Å². The summed E-state index contributed by atoms with van der Waals surface area (Å²) in [5.74, 6) is 1.04. The van der Waals surface area contributed by atoms with Crippen LogP contribution in [0.3, 0.4) is 0 Å². The first-order valence-corrected chi connectivity index (χ1v) is 8.43. The molecule has 1 aliphatic rings. The Morgan fingerprint density at radius 1 is 1.17 bits per heavy atom. The van der Waals surface area contributed by atoms with E-state index in [1.165, 1.54) is 0 Å². The zero-order chi connectivity index (χ0) is 16.8. The van der Waals surface area contributed by atoms with Crippen molar-refractivity contribution in [3.63, 3.8) is 0 Å². The van der Waals surface area contributed by atoms with Crippen LogP contribution < -0.4 is 10.1 Å². The van der Waals surface area contributed by atoms with E-state index in [0.717, 1.165) is 23.3 Å². The Bertz CT molecular complexity index is 672. The number of carbonyl (C=O) groups is 1. The lowest BCUT2D eigenvalue weighted by molar-refractivity contribution is -0.122. The van der Waals surface area contributed by atoms with E-state index in [2.05, 4.69) is 5.32 Å². The normalized spacial score (nSPS) is 17.5. The summed E-state index contributed by atoms with van der Waals surface area (Å²) < 4.78 is 5.63. The van der Waals surface area contributed by atoms with Gasteiger partial charge in [-0.2, -0.15) is 0 Å². The summed E-state index contributed by atoms with van der Waals surface area (Å²) in [7, 11) is 0. The van der Waals surface area contributed by atoms with Gasteiger partial charge in [-0.3, -0.25) is 4.79 Å². The van der Waals surface area contributed by atoms with Gasteiger partial charge in [-0.15, -0.1) is 0 Å². The first kappa shape index (κ1) is 16.5. The Morgan fingerprint density at radius 3 is 2.75 bits per heavy atom. The van der Waals surface area contributed by atoms with Crippen LogP contribution in [0.25, 0.3) is 0 Å². The zero-order valence-electron chi connectivity index (χ0n) is 13.7. The molecule has 0 unspecified atom stereocenters. The molecule has 0 fully saturated rings. The highest BCUT2D eigenvalue weighted by Crippen LogP contribution is 2.35. The third kappa shape index (κ3) is 4.36. The number of para-hydroxylation sites is 1. The van der Waals surface area contributed by atoms with Gasteiger partial charge in [0.25, 0.3) is 0 Å². The summed E-state index contributed by atoms with van der Waals surface area (Å²) in [6, 6.07) is 17.7. The van der Waals surface area contributed by atoms with E-state index >= 15 is 0 Å². The van der Waals surface area contributed by atoms with Crippen LogP contribution in [0.2, 0.25) is 0 Å². The fourth-order valence-corrected chi connectivity index (χ4v) is 3.11. The highest BCUT2D eigenvalue weighted by atomic mass is 16.5. The minimum absolute atomic E-state index is 0.0242. The van der Waals surface area contributed by atoms with Crippen LogP contribution in [0.15, 0.2) is 54.6 Å². The molecule has 1 heterocycles. The van der Waals surface area contributed by atoms with Crippen LogP contribution in [0.4, 0.5) is 0 Å². The number of hydrogen-bond donors (Lipinski definition) is 2. The largest absolute Gasteiger partial charge is 0.493 e. The smallest absolute Gasteiger partial charge is 0.220 e. The highest BCUT2D eigenvalue weighted by Gasteiger charge is 2.23. The molecule has 1 aliphatic heterocycles.